The van der Waals surface area contributed by atoms with Gasteiger partial charge in [-0.1, -0.05) is 12.1 Å². The Bertz CT molecular complexity index is 1260. The van der Waals surface area contributed by atoms with E-state index < -0.39 is 0 Å². The summed E-state index contributed by atoms with van der Waals surface area (Å²) in [6, 6.07) is 19.2. The lowest BCUT2D eigenvalue weighted by Gasteiger charge is -2.14. The van der Waals surface area contributed by atoms with Gasteiger partial charge in [0.25, 0.3) is 5.91 Å². The number of benzene rings is 3. The van der Waals surface area contributed by atoms with Crippen LogP contribution in [0.5, 0.6) is 17.2 Å². The number of hydrogen-bond donors (Lipinski definition) is 1. The molecule has 1 aliphatic rings. The molecule has 0 radical (unpaired) electrons. The van der Waals surface area contributed by atoms with Crippen LogP contribution in [0.4, 0.5) is 5.69 Å². The Labute approximate surface area is 224 Å². The Morgan fingerprint density at radius 3 is 2.47 bits per heavy atom. The van der Waals surface area contributed by atoms with Gasteiger partial charge in [0.15, 0.2) is 16.7 Å². The molecule has 34 heavy (non-hydrogen) atoms. The number of nitrogens with one attached hydrogen (secondary N) is 1. The van der Waals surface area contributed by atoms with Gasteiger partial charge in [0.05, 0.1) is 29.3 Å². The number of rotatable bonds is 7. The van der Waals surface area contributed by atoms with Crippen LogP contribution in [0, 0.1) is 3.57 Å². The highest BCUT2D eigenvalue weighted by Crippen LogP contribution is 2.39. The molecule has 0 saturated carbocycles. The molecule has 6 nitrogen and oxygen atoms in total. The van der Waals surface area contributed by atoms with E-state index in [0.717, 1.165) is 27.0 Å². The van der Waals surface area contributed by atoms with Crippen LogP contribution >= 0.6 is 50.3 Å². The maximum absolute atomic E-state index is 12.5. The molecule has 1 saturated heterocycles. The third-order valence-corrected chi connectivity index (χ3v) is 7.02. The fourth-order valence-electron chi connectivity index (χ4n) is 3.11. The Balaban J connectivity index is 1.51. The molecule has 174 valence electrons. The summed E-state index contributed by atoms with van der Waals surface area (Å²) < 4.78 is 18.6. The highest BCUT2D eigenvalue weighted by atomic mass is 127. The van der Waals surface area contributed by atoms with Gasteiger partial charge < -0.3 is 19.5 Å². The fourth-order valence-corrected chi connectivity index (χ4v) is 4.88. The number of amides is 1. The van der Waals surface area contributed by atoms with Crippen LogP contribution in [0.1, 0.15) is 11.1 Å². The van der Waals surface area contributed by atoms with Gasteiger partial charge >= 0.3 is 0 Å². The molecule has 0 spiro atoms. The van der Waals surface area contributed by atoms with Gasteiger partial charge in [-0.2, -0.15) is 0 Å². The molecule has 1 N–H and O–H groups in total. The highest BCUT2D eigenvalue weighted by Gasteiger charge is 2.24. The average Bonchev–Trinajstić information content (AvgIpc) is 3.17. The summed E-state index contributed by atoms with van der Waals surface area (Å²) in [5.74, 6) is 1.72. The van der Waals surface area contributed by atoms with Crippen LogP contribution in [0.15, 0.2) is 75.0 Å². The van der Waals surface area contributed by atoms with Crippen LogP contribution in [0.3, 0.4) is 0 Å². The van der Waals surface area contributed by atoms with E-state index in [9.17, 15) is 4.79 Å². The zero-order valence-electron chi connectivity index (χ0n) is 18.3. The van der Waals surface area contributed by atoms with Gasteiger partial charge in [0.1, 0.15) is 12.4 Å². The van der Waals surface area contributed by atoms with E-state index in [1.807, 2.05) is 60.7 Å². The summed E-state index contributed by atoms with van der Waals surface area (Å²) >= 11 is 7.13. The predicted octanol–water partition coefficient (Wildman–Crippen LogP) is 6.54. The molecule has 0 unspecified atom stereocenters. The number of halogens is 2. The molecule has 1 amide bonds. The summed E-state index contributed by atoms with van der Waals surface area (Å²) in [5.41, 5.74) is 2.58. The highest BCUT2D eigenvalue weighted by molar-refractivity contribution is 14.1. The van der Waals surface area contributed by atoms with Crippen LogP contribution in [-0.2, 0) is 11.4 Å². The number of aliphatic imine (C=N–C) groups is 1. The zero-order chi connectivity index (χ0) is 24.1. The first-order valence-electron chi connectivity index (χ1n) is 10.1. The lowest BCUT2D eigenvalue weighted by Crippen LogP contribution is -2.19. The maximum atomic E-state index is 12.5. The second-order valence-corrected chi connectivity index (χ2v) is 10.3. The van der Waals surface area contributed by atoms with E-state index in [2.05, 4.69) is 48.8 Å². The molecule has 1 aliphatic heterocycles. The monoisotopic (exact) mass is 650 g/mol. The molecule has 4 rings (SSSR count). The third kappa shape index (κ3) is 6.13. The average molecular weight is 651 g/mol. The first kappa shape index (κ1) is 24.6. The summed E-state index contributed by atoms with van der Waals surface area (Å²) in [4.78, 5) is 17.5. The van der Waals surface area contributed by atoms with Crippen molar-refractivity contribution in [3.8, 4) is 17.2 Å². The van der Waals surface area contributed by atoms with Crippen molar-refractivity contribution in [3.05, 3.63) is 84.7 Å². The third-order valence-electron chi connectivity index (χ3n) is 4.80. The molecule has 1 fully saturated rings. The van der Waals surface area contributed by atoms with Gasteiger partial charge in [-0.25, -0.2) is 4.99 Å². The van der Waals surface area contributed by atoms with E-state index >= 15 is 0 Å². The molecular weight excluding hydrogens is 631 g/mol. The normalized spacial score (nSPS) is 15.5. The lowest BCUT2D eigenvalue weighted by molar-refractivity contribution is -0.115. The molecule has 0 bridgehead atoms. The Kier molecular flexibility index (Phi) is 8.17. The maximum Gasteiger partial charge on any atom is 0.264 e. The number of thioether (sulfide) groups is 1. The summed E-state index contributed by atoms with van der Waals surface area (Å²) in [7, 11) is 3.20. The Hall–Kier alpha value is -2.50. The first-order chi connectivity index (χ1) is 16.4. The Morgan fingerprint density at radius 2 is 1.79 bits per heavy atom. The molecule has 0 aromatic heterocycles. The van der Waals surface area contributed by atoms with Crippen molar-refractivity contribution in [2.24, 2.45) is 4.99 Å². The number of ether oxygens (including phenoxy) is 3. The van der Waals surface area contributed by atoms with E-state index in [1.54, 1.807) is 20.3 Å². The SMILES string of the molecule is COc1ccc(N=C2NC(=O)/C(=C\c3cc(Br)c(OCc4ccc(I)cc4)c(OC)c3)S2)cc1. The van der Waals surface area contributed by atoms with Gasteiger partial charge in [0, 0.05) is 3.57 Å². The second-order valence-electron chi connectivity index (χ2n) is 7.13. The van der Waals surface area contributed by atoms with Crippen molar-refractivity contribution in [2.75, 3.05) is 14.2 Å². The van der Waals surface area contributed by atoms with Crippen molar-refractivity contribution in [3.63, 3.8) is 0 Å². The molecule has 9 heteroatoms. The predicted molar refractivity (Wildman–Crippen MR) is 148 cm³/mol. The Morgan fingerprint density at radius 1 is 1.06 bits per heavy atom. The quantitative estimate of drug-likeness (QED) is 0.232. The largest absolute Gasteiger partial charge is 0.497 e. The molecular formula is C25H20BrIN2O4S. The van der Waals surface area contributed by atoms with Crippen molar-refractivity contribution < 1.29 is 19.0 Å². The minimum absolute atomic E-state index is 0.202. The molecule has 0 atom stereocenters. The lowest BCUT2D eigenvalue weighted by atomic mass is 10.2. The van der Waals surface area contributed by atoms with Crippen molar-refractivity contribution in [2.45, 2.75) is 6.61 Å². The number of nitrogens with zero attached hydrogens (tertiary/aromatic N) is 1. The standard InChI is InChI=1S/C25H20BrIN2O4S/c1-31-19-9-7-18(8-10-19)28-25-29-24(30)22(34-25)13-16-11-20(26)23(21(12-16)32-2)33-14-15-3-5-17(27)6-4-15/h3-13H,14H2,1-2H3,(H,28,29,30)/b22-13+. The van der Waals surface area contributed by atoms with Crippen LogP contribution in [0.25, 0.3) is 6.08 Å². The van der Waals surface area contributed by atoms with E-state index in [4.69, 9.17) is 14.2 Å². The van der Waals surface area contributed by atoms with Crippen molar-refractivity contribution >= 4 is 73.1 Å². The molecule has 3 aromatic carbocycles. The van der Waals surface area contributed by atoms with Gasteiger partial charge in [0.2, 0.25) is 0 Å². The van der Waals surface area contributed by atoms with Crippen LogP contribution in [0.2, 0.25) is 0 Å². The smallest absolute Gasteiger partial charge is 0.264 e. The summed E-state index contributed by atoms with van der Waals surface area (Å²) in [6.07, 6.45) is 1.80. The zero-order valence-corrected chi connectivity index (χ0v) is 22.9. The number of amidine groups is 1. The molecule has 0 aliphatic carbocycles. The number of hydrogen-bond acceptors (Lipinski definition) is 6. The van der Waals surface area contributed by atoms with Crippen molar-refractivity contribution in [1.29, 1.82) is 0 Å². The van der Waals surface area contributed by atoms with E-state index in [0.29, 0.717) is 28.2 Å². The van der Waals surface area contributed by atoms with Gasteiger partial charge in [-0.15, -0.1) is 0 Å². The second kappa shape index (κ2) is 11.3. The van der Waals surface area contributed by atoms with Gasteiger partial charge in [-0.05, 0) is 116 Å². The van der Waals surface area contributed by atoms with Crippen molar-refractivity contribution in [1.82, 2.24) is 5.32 Å². The number of carbonyl (C=O) groups is 1. The molecule has 3 aromatic rings. The molecule has 1 heterocycles. The minimum Gasteiger partial charge on any atom is -0.497 e. The van der Waals surface area contributed by atoms with Crippen LogP contribution in [-0.4, -0.2) is 25.3 Å². The topological polar surface area (TPSA) is 69.2 Å². The van der Waals surface area contributed by atoms with Crippen LogP contribution < -0.4 is 19.5 Å². The first-order valence-corrected chi connectivity index (χ1v) is 12.8. The summed E-state index contributed by atoms with van der Waals surface area (Å²) in [6.45, 7) is 0.412. The summed E-state index contributed by atoms with van der Waals surface area (Å²) in [5, 5.41) is 3.32. The fraction of sp³-hybridized carbons (Fsp3) is 0.120. The number of methoxy groups -OCH3 is 2. The number of carbonyl (C=O) groups excluding carboxylic acids is 1. The minimum atomic E-state index is -0.202. The van der Waals surface area contributed by atoms with E-state index in [1.165, 1.54) is 15.3 Å². The van der Waals surface area contributed by atoms with E-state index in [-0.39, 0.29) is 5.91 Å². The van der Waals surface area contributed by atoms with Gasteiger partial charge in [-0.3, -0.25) is 4.79 Å².